The van der Waals surface area contributed by atoms with Gasteiger partial charge in [-0.05, 0) is 88.5 Å². The Morgan fingerprint density at radius 1 is 0.786 bits per heavy atom. The Kier molecular flexibility index (Phi) is 4.45. The summed E-state index contributed by atoms with van der Waals surface area (Å²) in [5, 5.41) is 6.37. The highest BCUT2D eigenvalue weighted by Crippen LogP contribution is 2.32. The summed E-state index contributed by atoms with van der Waals surface area (Å²) in [6.07, 6.45) is 3.36. The van der Waals surface area contributed by atoms with Crippen LogP contribution < -0.4 is 5.43 Å². The summed E-state index contributed by atoms with van der Waals surface area (Å²) in [7, 11) is 0. The van der Waals surface area contributed by atoms with Crippen molar-refractivity contribution in [2.75, 3.05) is 0 Å². The minimum atomic E-state index is 0.151. The van der Waals surface area contributed by atoms with Crippen molar-refractivity contribution in [3.63, 3.8) is 0 Å². The van der Waals surface area contributed by atoms with Gasteiger partial charge in [0.2, 0.25) is 0 Å². The molecule has 0 aliphatic heterocycles. The second-order valence-corrected chi connectivity index (χ2v) is 9.40. The molecule has 0 saturated heterocycles. The molecule has 5 rings (SSSR count). The number of hydrogen-bond donors (Lipinski definition) is 0. The van der Waals surface area contributed by atoms with Gasteiger partial charge in [-0.2, -0.15) is 0 Å². The summed E-state index contributed by atoms with van der Waals surface area (Å²) >= 11 is 5.26. The van der Waals surface area contributed by atoms with Crippen LogP contribution >= 0.6 is 27.3 Å². The van der Waals surface area contributed by atoms with E-state index >= 15 is 0 Å². The van der Waals surface area contributed by atoms with E-state index < -0.39 is 0 Å². The van der Waals surface area contributed by atoms with E-state index in [9.17, 15) is 4.79 Å². The molecule has 3 heteroatoms. The fraction of sp³-hybridized carbons (Fsp3) is 0.160. The SMILES string of the molecule is CCCCc1ccc2sc3cc4cc5ccc(Br)cc5cc4cc3c(=O)c2c1. The molecule has 0 spiro atoms. The van der Waals surface area contributed by atoms with Crippen LogP contribution in [0.1, 0.15) is 25.3 Å². The second-order valence-electron chi connectivity index (χ2n) is 7.40. The highest BCUT2D eigenvalue weighted by atomic mass is 79.9. The first-order valence-corrected chi connectivity index (χ1v) is 11.3. The molecular weight excluding hydrogens is 428 g/mol. The standard InChI is InChI=1S/C25H19BrOS/c1-2-3-4-15-5-8-23-21(9-15)25(27)22-13-18-11-17-12-20(26)7-6-16(17)10-19(18)14-24(22)28-23/h5-14H,2-4H2,1H3. The molecule has 0 bridgehead atoms. The zero-order valence-electron chi connectivity index (χ0n) is 15.6. The lowest BCUT2D eigenvalue weighted by Gasteiger charge is -2.07. The van der Waals surface area contributed by atoms with Crippen molar-refractivity contribution >= 4 is 69.0 Å². The van der Waals surface area contributed by atoms with Crippen LogP contribution in [0.3, 0.4) is 0 Å². The van der Waals surface area contributed by atoms with E-state index in [1.165, 1.54) is 28.1 Å². The lowest BCUT2D eigenvalue weighted by molar-refractivity contribution is 0.796. The van der Waals surface area contributed by atoms with Crippen molar-refractivity contribution in [1.29, 1.82) is 0 Å². The van der Waals surface area contributed by atoms with Crippen molar-refractivity contribution < 1.29 is 0 Å². The van der Waals surface area contributed by atoms with Gasteiger partial charge in [-0.1, -0.05) is 41.4 Å². The van der Waals surface area contributed by atoms with Gasteiger partial charge in [0.25, 0.3) is 0 Å². The van der Waals surface area contributed by atoms with Gasteiger partial charge in [0, 0.05) is 24.6 Å². The molecule has 0 aliphatic carbocycles. The smallest absolute Gasteiger partial charge is 0.195 e. The molecule has 5 aromatic rings. The summed E-state index contributed by atoms with van der Waals surface area (Å²) in [4.78, 5) is 13.3. The van der Waals surface area contributed by atoms with E-state index in [-0.39, 0.29) is 5.43 Å². The molecule has 1 nitrogen and oxygen atoms in total. The average molecular weight is 447 g/mol. The van der Waals surface area contributed by atoms with Crippen LogP contribution in [0.4, 0.5) is 0 Å². The summed E-state index contributed by atoms with van der Waals surface area (Å²) in [5.74, 6) is 0. The van der Waals surface area contributed by atoms with Crippen molar-refractivity contribution in [1.82, 2.24) is 0 Å². The van der Waals surface area contributed by atoms with Crippen LogP contribution in [0, 0.1) is 0 Å². The van der Waals surface area contributed by atoms with Gasteiger partial charge in [0.1, 0.15) is 0 Å². The van der Waals surface area contributed by atoms with Crippen LogP contribution in [0.25, 0.3) is 41.7 Å². The summed E-state index contributed by atoms with van der Waals surface area (Å²) in [6, 6.07) is 21.4. The molecule has 0 radical (unpaired) electrons. The number of halogens is 1. The molecule has 1 heterocycles. The van der Waals surface area contributed by atoms with Gasteiger partial charge in [-0.15, -0.1) is 11.3 Å². The molecule has 0 atom stereocenters. The van der Waals surface area contributed by atoms with Crippen molar-refractivity contribution in [3.8, 4) is 0 Å². The van der Waals surface area contributed by atoms with Crippen molar-refractivity contribution in [2.24, 2.45) is 0 Å². The van der Waals surface area contributed by atoms with Gasteiger partial charge in [0.05, 0.1) is 0 Å². The number of benzene rings is 4. The molecule has 138 valence electrons. The predicted octanol–water partition coefficient (Wildman–Crippen LogP) is 7.83. The van der Waals surface area contributed by atoms with Crippen LogP contribution in [0.2, 0.25) is 0 Å². The maximum Gasteiger partial charge on any atom is 0.195 e. The first-order valence-electron chi connectivity index (χ1n) is 9.65. The Hall–Kier alpha value is -2.23. The topological polar surface area (TPSA) is 17.1 Å². The zero-order valence-corrected chi connectivity index (χ0v) is 18.0. The normalized spacial score (nSPS) is 11.8. The van der Waals surface area contributed by atoms with Gasteiger partial charge in [-0.25, -0.2) is 0 Å². The van der Waals surface area contributed by atoms with E-state index in [0.29, 0.717) is 0 Å². The fourth-order valence-electron chi connectivity index (χ4n) is 3.90. The number of unbranched alkanes of at least 4 members (excludes halogenated alkanes) is 1. The van der Waals surface area contributed by atoms with Crippen LogP contribution in [0.5, 0.6) is 0 Å². The molecule has 4 aromatic carbocycles. The highest BCUT2D eigenvalue weighted by molar-refractivity contribution is 9.10. The summed E-state index contributed by atoms with van der Waals surface area (Å²) < 4.78 is 3.20. The Labute approximate surface area is 175 Å². The molecule has 0 fully saturated rings. The Morgan fingerprint density at radius 3 is 2.39 bits per heavy atom. The van der Waals surface area contributed by atoms with E-state index in [2.05, 4.69) is 83.5 Å². The zero-order chi connectivity index (χ0) is 19.3. The quantitative estimate of drug-likeness (QED) is 0.258. The monoisotopic (exact) mass is 446 g/mol. The number of aryl methyl sites for hydroxylation is 1. The lowest BCUT2D eigenvalue weighted by Crippen LogP contribution is -2.02. The van der Waals surface area contributed by atoms with Crippen molar-refractivity contribution in [3.05, 3.63) is 80.9 Å². The lowest BCUT2D eigenvalue weighted by atomic mass is 10.0. The summed E-state index contributed by atoms with van der Waals surface area (Å²) in [5.41, 5.74) is 1.41. The predicted molar refractivity (Wildman–Crippen MR) is 127 cm³/mol. The van der Waals surface area contributed by atoms with Gasteiger partial charge < -0.3 is 0 Å². The van der Waals surface area contributed by atoms with Gasteiger partial charge in [-0.3, -0.25) is 4.79 Å². The van der Waals surface area contributed by atoms with E-state index in [1.807, 2.05) is 0 Å². The molecule has 0 amide bonds. The van der Waals surface area contributed by atoms with Crippen LogP contribution in [-0.4, -0.2) is 0 Å². The Morgan fingerprint density at radius 2 is 1.54 bits per heavy atom. The minimum absolute atomic E-state index is 0.151. The molecule has 28 heavy (non-hydrogen) atoms. The second kappa shape index (κ2) is 6.98. The van der Waals surface area contributed by atoms with E-state index in [1.54, 1.807) is 11.3 Å². The Balaban J connectivity index is 1.79. The van der Waals surface area contributed by atoms with Crippen LogP contribution in [0.15, 0.2) is 69.9 Å². The third-order valence-electron chi connectivity index (χ3n) is 5.43. The third-order valence-corrected chi connectivity index (χ3v) is 7.06. The highest BCUT2D eigenvalue weighted by Gasteiger charge is 2.09. The molecule has 1 aromatic heterocycles. The van der Waals surface area contributed by atoms with Gasteiger partial charge in [0.15, 0.2) is 5.43 Å². The maximum atomic E-state index is 13.3. The first kappa shape index (κ1) is 17.8. The van der Waals surface area contributed by atoms with Crippen LogP contribution in [-0.2, 0) is 6.42 Å². The fourth-order valence-corrected chi connectivity index (χ4v) is 5.37. The largest absolute Gasteiger partial charge is 0.289 e. The summed E-state index contributed by atoms with van der Waals surface area (Å²) in [6.45, 7) is 2.20. The third kappa shape index (κ3) is 3.03. The first-order chi connectivity index (χ1) is 13.6. The maximum absolute atomic E-state index is 13.3. The van der Waals surface area contributed by atoms with Crippen molar-refractivity contribution in [2.45, 2.75) is 26.2 Å². The molecule has 0 N–H and O–H groups in total. The van der Waals surface area contributed by atoms with Gasteiger partial charge >= 0.3 is 0 Å². The average Bonchev–Trinajstić information content (AvgIpc) is 2.70. The number of fused-ring (bicyclic) bond motifs is 4. The van der Waals surface area contributed by atoms with E-state index in [0.717, 1.165) is 42.9 Å². The molecule has 0 saturated carbocycles. The molecule has 0 unspecified atom stereocenters. The number of hydrogen-bond acceptors (Lipinski definition) is 2. The van der Waals surface area contributed by atoms with E-state index in [4.69, 9.17) is 0 Å². The molecular formula is C25H19BrOS. The minimum Gasteiger partial charge on any atom is -0.289 e. The molecule has 0 aliphatic rings. The Bertz CT molecular complexity index is 1430. The number of rotatable bonds is 3.